The van der Waals surface area contributed by atoms with Gasteiger partial charge in [0.1, 0.15) is 0 Å². The van der Waals surface area contributed by atoms with Crippen molar-refractivity contribution in [2.24, 2.45) is 0 Å². The van der Waals surface area contributed by atoms with Gasteiger partial charge in [0.25, 0.3) is 0 Å². The molecule has 0 aliphatic heterocycles. The average molecular weight is 102 g/mol. The van der Waals surface area contributed by atoms with Crippen LogP contribution in [0.4, 0.5) is 0 Å². The molecule has 0 spiro atoms. The Morgan fingerprint density at radius 2 is 1.67 bits per heavy atom. The summed E-state index contributed by atoms with van der Waals surface area (Å²) in [6, 6.07) is 0. The molecule has 0 aliphatic rings. The second-order valence-electron chi connectivity index (χ2n) is 0.298. The van der Waals surface area contributed by atoms with Crippen molar-refractivity contribution < 1.29 is 37.9 Å². The van der Waals surface area contributed by atoms with Crippen molar-refractivity contribution in [2.45, 2.75) is 0 Å². The first-order chi connectivity index (χ1) is 2.27. The van der Waals surface area contributed by atoms with Crippen LogP contribution in [-0.4, -0.2) is 0 Å². The summed E-state index contributed by atoms with van der Waals surface area (Å²) in [6.45, 7) is 0. The van der Waals surface area contributed by atoms with E-state index in [0.29, 0.717) is 0 Å². The van der Waals surface area contributed by atoms with E-state index in [2.05, 4.69) is 4.67 Å². The van der Waals surface area contributed by atoms with Crippen LogP contribution in [0.2, 0.25) is 0 Å². The van der Waals surface area contributed by atoms with Crippen LogP contribution in [0.3, 0.4) is 0 Å². The summed E-state index contributed by atoms with van der Waals surface area (Å²) in [6.07, 6.45) is 0. The van der Waals surface area contributed by atoms with Crippen molar-refractivity contribution in [3.05, 3.63) is 0 Å². The van der Waals surface area contributed by atoms with E-state index in [9.17, 15) is 0 Å². The zero-order chi connectivity index (χ0) is 4.28. The molecular weight excluding hydrogens is 102 g/mol. The molecule has 0 fully saturated rings. The van der Waals surface area contributed by atoms with Gasteiger partial charge in [0, 0.05) is 0 Å². The quantitative estimate of drug-likeness (QED) is 0.148. The smallest absolute Gasteiger partial charge is 0.710 e. The largest absolute Gasteiger partial charge is 1.00 e. The molecule has 0 rings (SSSR count). The summed E-state index contributed by atoms with van der Waals surface area (Å²) in [5.74, 6) is 0. The zero-order valence-corrected chi connectivity index (χ0v) is 3.97. The minimum absolute atomic E-state index is 0. The molecule has 0 aromatic rings. The Hall–Kier alpha value is 0.417. The summed E-state index contributed by atoms with van der Waals surface area (Å²) in [5.41, 5.74) is 0. The third-order valence-electron chi connectivity index (χ3n) is 0.0609. The molecule has 0 saturated heterocycles. The molecule has 0 aromatic heterocycles. The minimum Gasteiger partial charge on any atom is -0.710 e. The molecule has 0 aliphatic carbocycles. The summed E-state index contributed by atoms with van der Waals surface area (Å²) < 4.78 is 20.2. The second kappa shape index (κ2) is 5.42. The van der Waals surface area contributed by atoms with E-state index in [1.807, 2.05) is 0 Å². The van der Waals surface area contributed by atoms with Gasteiger partial charge in [0.2, 0.25) is 0 Å². The van der Waals surface area contributed by atoms with Gasteiger partial charge in [-0.25, -0.2) is 9.13 Å². The molecule has 0 atom stereocenters. The molecule has 0 N–H and O–H groups in total. The van der Waals surface area contributed by atoms with Crippen LogP contribution in [0.1, 0.15) is 0 Å². The third-order valence-corrected chi connectivity index (χ3v) is 0.183. The molecule has 0 heterocycles. The summed E-state index contributed by atoms with van der Waals surface area (Å²) >= 11 is 0. The average Bonchev–Trinajstić information content (AvgIpc) is 1.38. The fourth-order valence-electron chi connectivity index (χ4n) is 0. The van der Waals surface area contributed by atoms with Crippen molar-refractivity contribution in [1.82, 2.24) is 0 Å². The van der Waals surface area contributed by atoms with Crippen molar-refractivity contribution in [3.8, 4) is 0 Å². The Morgan fingerprint density at radius 1 is 1.50 bits per heavy atom. The van der Waals surface area contributed by atoms with Gasteiger partial charge in [-0.15, -0.1) is 0 Å². The van der Waals surface area contributed by atoms with Crippen molar-refractivity contribution >= 4 is 7.91 Å². The van der Waals surface area contributed by atoms with Crippen LogP contribution >= 0.6 is 7.91 Å². The first-order valence-corrected chi connectivity index (χ1v) is 1.81. The predicted octanol–water partition coefficient (Wildman–Crippen LogP) is -3.63. The molecule has 4 nitrogen and oxygen atoms in total. The molecular formula is LiO4P. The Morgan fingerprint density at radius 3 is 1.67 bits per heavy atom. The van der Waals surface area contributed by atoms with Gasteiger partial charge in [-0.3, -0.25) is 0 Å². The van der Waals surface area contributed by atoms with Crippen LogP contribution < -0.4 is 24.1 Å². The molecule has 0 aromatic carbocycles. The monoisotopic (exact) mass is 102 g/mol. The Bertz CT molecular complexity index is 65.6. The predicted molar refractivity (Wildman–Crippen MR) is 9.38 cm³/mol. The van der Waals surface area contributed by atoms with Gasteiger partial charge < -0.3 is 9.93 Å². The van der Waals surface area contributed by atoms with Crippen LogP contribution in [0.15, 0.2) is 0 Å². The fraction of sp³-hybridized carbons (Fsp3) is 0. The van der Waals surface area contributed by atoms with E-state index in [-0.39, 0.29) is 18.9 Å². The van der Waals surface area contributed by atoms with E-state index in [1.165, 1.54) is 0 Å². The number of hydrogen-bond donors (Lipinski definition) is 0. The molecule has 30 valence electrons. The first kappa shape index (κ1) is 9.65. The molecule has 0 saturated carbocycles. The summed E-state index contributed by atoms with van der Waals surface area (Å²) in [4.78, 5) is 0. The van der Waals surface area contributed by atoms with Gasteiger partial charge in [0.15, 0.2) is 0 Å². The van der Waals surface area contributed by atoms with Gasteiger partial charge in [-0.05, 0) is 0 Å². The maximum absolute atomic E-state index is 8.87. The minimum atomic E-state index is -3.15. The Kier molecular flexibility index (Phi) is 8.71. The van der Waals surface area contributed by atoms with Gasteiger partial charge in [-0.1, -0.05) is 0 Å². The maximum Gasteiger partial charge on any atom is 1.00 e. The number of rotatable bonds is 1. The molecule has 6 heteroatoms. The molecule has 0 amide bonds. The van der Waals surface area contributed by atoms with Crippen molar-refractivity contribution in [1.29, 1.82) is 0 Å². The van der Waals surface area contributed by atoms with Crippen molar-refractivity contribution in [2.75, 3.05) is 0 Å². The molecule has 0 bridgehead atoms. The molecule has 0 radical (unpaired) electrons. The topological polar surface area (TPSA) is 66.4 Å². The van der Waals surface area contributed by atoms with E-state index < -0.39 is 7.91 Å². The van der Waals surface area contributed by atoms with E-state index in [1.54, 1.807) is 0 Å². The second-order valence-corrected chi connectivity index (χ2v) is 0.894. The van der Waals surface area contributed by atoms with Gasteiger partial charge >= 0.3 is 26.8 Å². The van der Waals surface area contributed by atoms with Crippen LogP contribution in [-0.2, 0) is 13.8 Å². The zero-order valence-electron chi connectivity index (χ0n) is 3.08. The normalized spacial score (nSPS) is 6.17. The Labute approximate surface area is 46.5 Å². The van der Waals surface area contributed by atoms with E-state index >= 15 is 0 Å². The SMILES string of the molecule is O=P(=O)O[O-].[Li+]. The third kappa shape index (κ3) is 8.83. The number of hydrogen-bond acceptors (Lipinski definition) is 4. The maximum atomic E-state index is 8.87. The van der Waals surface area contributed by atoms with Gasteiger partial charge in [-0.2, -0.15) is 0 Å². The van der Waals surface area contributed by atoms with Crippen molar-refractivity contribution in [3.63, 3.8) is 0 Å². The molecule has 6 heavy (non-hydrogen) atoms. The molecule has 0 unspecified atom stereocenters. The standard InChI is InChI=1S/Li.HO4P/c;1-4-5(2)3/h;1H/q+1;/p-1. The Balaban J connectivity index is 0. The van der Waals surface area contributed by atoms with E-state index in [0.717, 1.165) is 0 Å². The van der Waals surface area contributed by atoms with Gasteiger partial charge in [0.05, 0.1) is 0 Å². The summed E-state index contributed by atoms with van der Waals surface area (Å²) in [5, 5.41) is 8.53. The fourth-order valence-corrected chi connectivity index (χ4v) is 0. The van der Waals surface area contributed by atoms with Crippen LogP contribution in [0.25, 0.3) is 0 Å². The van der Waals surface area contributed by atoms with Crippen LogP contribution in [0.5, 0.6) is 0 Å². The van der Waals surface area contributed by atoms with E-state index in [4.69, 9.17) is 14.4 Å². The first-order valence-electron chi connectivity index (χ1n) is 0.714. The van der Waals surface area contributed by atoms with Crippen LogP contribution in [0, 0.1) is 0 Å². The summed E-state index contributed by atoms with van der Waals surface area (Å²) in [7, 11) is -3.15.